The van der Waals surface area contributed by atoms with Gasteiger partial charge in [0.2, 0.25) is 0 Å². The van der Waals surface area contributed by atoms with Crippen LogP contribution in [-0.2, 0) is 11.2 Å². The number of benzene rings is 1. The van der Waals surface area contributed by atoms with Gasteiger partial charge in [-0.3, -0.25) is 4.79 Å². The molecule has 0 heterocycles. The SMILES string of the molecule is O=C(Cc1cc(F)cc(Br)c1)CC1CC1. The molecular weight excluding hydrogens is 259 g/mol. The van der Waals surface area contributed by atoms with Crippen LogP contribution in [0.1, 0.15) is 24.8 Å². The zero-order valence-corrected chi connectivity index (χ0v) is 9.89. The summed E-state index contributed by atoms with van der Waals surface area (Å²) in [5.74, 6) is 0.531. The number of hydrogen-bond donors (Lipinski definition) is 0. The van der Waals surface area contributed by atoms with E-state index in [2.05, 4.69) is 15.9 Å². The molecule has 1 aliphatic carbocycles. The van der Waals surface area contributed by atoms with Crippen molar-refractivity contribution >= 4 is 21.7 Å². The van der Waals surface area contributed by atoms with Crippen LogP contribution in [0.2, 0.25) is 0 Å². The minimum atomic E-state index is -0.293. The van der Waals surface area contributed by atoms with Crippen LogP contribution in [0.4, 0.5) is 4.39 Å². The van der Waals surface area contributed by atoms with Gasteiger partial charge >= 0.3 is 0 Å². The van der Waals surface area contributed by atoms with Gasteiger partial charge in [0.1, 0.15) is 11.6 Å². The van der Waals surface area contributed by atoms with Gasteiger partial charge in [-0.25, -0.2) is 4.39 Å². The molecule has 0 spiro atoms. The van der Waals surface area contributed by atoms with Gasteiger partial charge in [-0.1, -0.05) is 15.9 Å². The predicted octanol–water partition coefficient (Wildman–Crippen LogP) is 3.50. The maximum atomic E-state index is 13.0. The third kappa shape index (κ3) is 3.42. The average molecular weight is 271 g/mol. The topological polar surface area (TPSA) is 17.1 Å². The zero-order valence-electron chi connectivity index (χ0n) is 8.30. The van der Waals surface area contributed by atoms with E-state index in [1.54, 1.807) is 6.07 Å². The first-order chi connectivity index (χ1) is 7.13. The van der Waals surface area contributed by atoms with Gasteiger partial charge < -0.3 is 0 Å². The number of carbonyl (C=O) groups is 1. The first-order valence-corrected chi connectivity index (χ1v) is 5.89. The van der Waals surface area contributed by atoms with Crippen LogP contribution in [0.3, 0.4) is 0 Å². The molecule has 0 unspecified atom stereocenters. The molecule has 0 atom stereocenters. The maximum Gasteiger partial charge on any atom is 0.137 e. The van der Waals surface area contributed by atoms with Crippen LogP contribution in [0, 0.1) is 11.7 Å². The number of carbonyl (C=O) groups excluding carboxylic acids is 1. The number of Topliss-reactive ketones (excluding diaryl/α,β-unsaturated/α-hetero) is 1. The predicted molar refractivity (Wildman–Crippen MR) is 60.2 cm³/mol. The van der Waals surface area contributed by atoms with E-state index in [0.717, 1.165) is 5.56 Å². The van der Waals surface area contributed by atoms with E-state index in [9.17, 15) is 9.18 Å². The molecule has 1 aromatic carbocycles. The molecule has 3 heteroatoms. The Morgan fingerprint density at radius 2 is 2.13 bits per heavy atom. The molecule has 0 saturated heterocycles. The number of hydrogen-bond acceptors (Lipinski definition) is 1. The van der Waals surface area contributed by atoms with Crippen LogP contribution < -0.4 is 0 Å². The van der Waals surface area contributed by atoms with Gasteiger partial charge in [-0.2, -0.15) is 0 Å². The van der Waals surface area contributed by atoms with Crippen molar-refractivity contribution in [3.63, 3.8) is 0 Å². The highest BCUT2D eigenvalue weighted by molar-refractivity contribution is 9.10. The fraction of sp³-hybridized carbons (Fsp3) is 0.417. The Balaban J connectivity index is 1.99. The highest BCUT2D eigenvalue weighted by Gasteiger charge is 2.24. The third-order valence-corrected chi connectivity index (χ3v) is 2.99. The van der Waals surface area contributed by atoms with Crippen molar-refractivity contribution in [1.82, 2.24) is 0 Å². The maximum absolute atomic E-state index is 13.0. The number of ketones is 1. The first-order valence-electron chi connectivity index (χ1n) is 5.10. The Morgan fingerprint density at radius 3 is 2.73 bits per heavy atom. The molecule has 0 aliphatic heterocycles. The molecule has 0 amide bonds. The molecule has 1 aromatic rings. The second-order valence-corrected chi connectivity index (χ2v) is 5.06. The fourth-order valence-electron chi connectivity index (χ4n) is 1.66. The average Bonchev–Trinajstić information content (AvgIpc) is 2.85. The zero-order chi connectivity index (χ0) is 10.8. The summed E-state index contributed by atoms with van der Waals surface area (Å²) < 4.78 is 13.7. The summed E-state index contributed by atoms with van der Waals surface area (Å²) in [6.45, 7) is 0. The Kier molecular flexibility index (Phi) is 3.19. The monoisotopic (exact) mass is 270 g/mol. The lowest BCUT2D eigenvalue weighted by molar-refractivity contribution is -0.118. The highest BCUT2D eigenvalue weighted by Crippen LogP contribution is 2.32. The first kappa shape index (κ1) is 10.8. The Bertz CT molecular complexity index is 365. The molecule has 80 valence electrons. The Hall–Kier alpha value is -0.700. The molecule has 1 saturated carbocycles. The summed E-state index contributed by atoms with van der Waals surface area (Å²) >= 11 is 3.21. The molecule has 0 bridgehead atoms. The van der Waals surface area contributed by atoms with E-state index in [1.165, 1.54) is 25.0 Å². The van der Waals surface area contributed by atoms with E-state index >= 15 is 0 Å². The van der Waals surface area contributed by atoms with Crippen LogP contribution in [0.15, 0.2) is 22.7 Å². The van der Waals surface area contributed by atoms with Crippen LogP contribution in [-0.4, -0.2) is 5.78 Å². The van der Waals surface area contributed by atoms with Crippen LogP contribution in [0.25, 0.3) is 0 Å². The molecule has 1 aliphatic rings. The minimum Gasteiger partial charge on any atom is -0.299 e. The van der Waals surface area contributed by atoms with Gasteiger partial charge in [0.05, 0.1) is 0 Å². The van der Waals surface area contributed by atoms with E-state index in [4.69, 9.17) is 0 Å². The lowest BCUT2D eigenvalue weighted by Gasteiger charge is -2.01. The van der Waals surface area contributed by atoms with Crippen molar-refractivity contribution in [2.45, 2.75) is 25.7 Å². The van der Waals surface area contributed by atoms with Gasteiger partial charge in [0.15, 0.2) is 0 Å². The van der Waals surface area contributed by atoms with Gasteiger partial charge in [0, 0.05) is 17.3 Å². The minimum absolute atomic E-state index is 0.218. The van der Waals surface area contributed by atoms with Crippen LogP contribution in [0.5, 0.6) is 0 Å². The summed E-state index contributed by atoms with van der Waals surface area (Å²) in [6.07, 6.45) is 3.37. The molecule has 1 fully saturated rings. The summed E-state index contributed by atoms with van der Waals surface area (Å²) in [5, 5.41) is 0. The molecule has 0 aromatic heterocycles. The van der Waals surface area contributed by atoms with Crippen molar-refractivity contribution in [3.05, 3.63) is 34.1 Å². The second kappa shape index (κ2) is 4.44. The van der Waals surface area contributed by atoms with Gasteiger partial charge in [0.25, 0.3) is 0 Å². The highest BCUT2D eigenvalue weighted by atomic mass is 79.9. The summed E-state index contributed by atoms with van der Waals surface area (Å²) in [5.41, 5.74) is 0.757. The van der Waals surface area contributed by atoms with Crippen molar-refractivity contribution in [2.75, 3.05) is 0 Å². The summed E-state index contributed by atoms with van der Waals surface area (Å²) in [7, 11) is 0. The van der Waals surface area contributed by atoms with Crippen molar-refractivity contribution in [3.8, 4) is 0 Å². The van der Waals surface area contributed by atoms with Gasteiger partial charge in [-0.15, -0.1) is 0 Å². The van der Waals surface area contributed by atoms with E-state index in [0.29, 0.717) is 23.2 Å². The molecular formula is C12H12BrFO. The van der Waals surface area contributed by atoms with E-state index < -0.39 is 0 Å². The second-order valence-electron chi connectivity index (χ2n) is 4.14. The smallest absolute Gasteiger partial charge is 0.137 e. The molecule has 0 N–H and O–H groups in total. The third-order valence-electron chi connectivity index (χ3n) is 2.54. The lowest BCUT2D eigenvalue weighted by atomic mass is 10.1. The largest absolute Gasteiger partial charge is 0.299 e. The number of rotatable bonds is 4. The molecule has 2 rings (SSSR count). The lowest BCUT2D eigenvalue weighted by Crippen LogP contribution is -2.03. The summed E-state index contributed by atoms with van der Waals surface area (Å²) in [6, 6.07) is 4.62. The Morgan fingerprint density at radius 1 is 1.40 bits per heavy atom. The normalized spacial score (nSPS) is 15.3. The fourth-order valence-corrected chi connectivity index (χ4v) is 2.17. The van der Waals surface area contributed by atoms with Crippen molar-refractivity contribution in [1.29, 1.82) is 0 Å². The molecule has 0 radical (unpaired) electrons. The van der Waals surface area contributed by atoms with E-state index in [-0.39, 0.29) is 11.6 Å². The molecule has 1 nitrogen and oxygen atoms in total. The van der Waals surface area contributed by atoms with Crippen molar-refractivity contribution < 1.29 is 9.18 Å². The standard InChI is InChI=1S/C12H12BrFO/c13-10-3-9(4-11(14)7-10)6-12(15)5-8-1-2-8/h3-4,7-8H,1-2,5-6H2. The number of halogens is 2. The van der Waals surface area contributed by atoms with Gasteiger partial charge in [-0.05, 0) is 42.5 Å². The van der Waals surface area contributed by atoms with E-state index in [1.807, 2.05) is 0 Å². The van der Waals surface area contributed by atoms with Crippen molar-refractivity contribution in [2.24, 2.45) is 5.92 Å². The van der Waals surface area contributed by atoms with Crippen LogP contribution >= 0.6 is 15.9 Å². The quantitative estimate of drug-likeness (QED) is 0.819. The Labute approximate surface area is 96.8 Å². The summed E-state index contributed by atoms with van der Waals surface area (Å²) in [4.78, 5) is 11.5. The molecule has 15 heavy (non-hydrogen) atoms.